The zero-order valence-electron chi connectivity index (χ0n) is 16.3. The van der Waals surface area contributed by atoms with E-state index in [-0.39, 0.29) is 23.5 Å². The van der Waals surface area contributed by atoms with E-state index in [9.17, 15) is 14.0 Å². The van der Waals surface area contributed by atoms with Gasteiger partial charge in [0.25, 0.3) is 11.8 Å². The molecular weight excluding hydrogens is 371 g/mol. The summed E-state index contributed by atoms with van der Waals surface area (Å²) >= 11 is 0. The van der Waals surface area contributed by atoms with Crippen LogP contribution in [0.25, 0.3) is 0 Å². The third kappa shape index (κ3) is 5.13. The fourth-order valence-corrected chi connectivity index (χ4v) is 3.60. The smallest absolute Gasteiger partial charge is 0.253 e. The van der Waals surface area contributed by atoms with E-state index in [1.807, 2.05) is 17.0 Å². The molecular formula is C23H25FN2O3. The Bertz CT molecular complexity index is 880. The highest BCUT2D eigenvalue weighted by atomic mass is 19.1. The van der Waals surface area contributed by atoms with Gasteiger partial charge in [0.2, 0.25) is 0 Å². The lowest BCUT2D eigenvalue weighted by atomic mass is 9.98. The maximum atomic E-state index is 13.1. The van der Waals surface area contributed by atoms with E-state index >= 15 is 0 Å². The van der Waals surface area contributed by atoms with Crippen molar-refractivity contribution in [2.45, 2.75) is 31.7 Å². The highest BCUT2D eigenvalue weighted by Gasteiger charge is 2.26. The lowest BCUT2D eigenvalue weighted by molar-refractivity contribution is 0.0633. The van der Waals surface area contributed by atoms with E-state index in [1.165, 1.54) is 24.3 Å². The largest absolute Gasteiger partial charge is 0.493 e. The van der Waals surface area contributed by atoms with Crippen molar-refractivity contribution < 1.29 is 18.7 Å². The van der Waals surface area contributed by atoms with Gasteiger partial charge in [-0.15, -0.1) is 0 Å². The fourth-order valence-electron chi connectivity index (χ4n) is 3.60. The molecule has 1 atom stereocenters. The molecule has 1 aliphatic heterocycles. The maximum absolute atomic E-state index is 13.1. The van der Waals surface area contributed by atoms with Gasteiger partial charge < -0.3 is 15.0 Å². The van der Waals surface area contributed by atoms with Gasteiger partial charge in [0.1, 0.15) is 11.6 Å². The molecule has 1 heterocycles. The Hall–Kier alpha value is -2.89. The summed E-state index contributed by atoms with van der Waals surface area (Å²) in [5.41, 5.74) is 1.11. The molecule has 6 heteroatoms. The van der Waals surface area contributed by atoms with Gasteiger partial charge in [0.05, 0.1) is 6.61 Å². The fraction of sp³-hybridized carbons (Fsp3) is 0.391. The van der Waals surface area contributed by atoms with E-state index in [0.29, 0.717) is 42.6 Å². The summed E-state index contributed by atoms with van der Waals surface area (Å²) in [5, 5.41) is 2.98. The summed E-state index contributed by atoms with van der Waals surface area (Å²) < 4.78 is 19.0. The Morgan fingerprint density at radius 3 is 2.62 bits per heavy atom. The van der Waals surface area contributed by atoms with Crippen molar-refractivity contribution in [1.82, 2.24) is 10.2 Å². The second-order valence-corrected chi connectivity index (χ2v) is 7.85. The average molecular weight is 396 g/mol. The van der Waals surface area contributed by atoms with Crippen molar-refractivity contribution >= 4 is 11.8 Å². The van der Waals surface area contributed by atoms with Crippen molar-refractivity contribution in [1.29, 1.82) is 0 Å². The van der Waals surface area contributed by atoms with E-state index in [4.69, 9.17) is 4.74 Å². The minimum atomic E-state index is -0.348. The van der Waals surface area contributed by atoms with Gasteiger partial charge in [-0.25, -0.2) is 4.39 Å². The van der Waals surface area contributed by atoms with E-state index in [2.05, 4.69) is 5.32 Å². The number of ether oxygens (including phenoxy) is 1. The third-order valence-corrected chi connectivity index (χ3v) is 5.39. The van der Waals surface area contributed by atoms with E-state index in [0.717, 1.165) is 25.7 Å². The molecule has 0 spiro atoms. The zero-order chi connectivity index (χ0) is 20.2. The van der Waals surface area contributed by atoms with Crippen LogP contribution in [0.15, 0.2) is 48.5 Å². The first kappa shape index (κ1) is 19.4. The van der Waals surface area contributed by atoms with Crippen LogP contribution in [-0.2, 0) is 0 Å². The molecule has 2 aromatic rings. The quantitative estimate of drug-likeness (QED) is 0.811. The highest BCUT2D eigenvalue weighted by molar-refractivity contribution is 5.95. The molecule has 0 aromatic heterocycles. The summed E-state index contributed by atoms with van der Waals surface area (Å²) in [5.74, 6) is 0.396. The van der Waals surface area contributed by atoms with Gasteiger partial charge in [-0.3, -0.25) is 9.59 Å². The highest BCUT2D eigenvalue weighted by Crippen LogP contribution is 2.22. The van der Waals surface area contributed by atoms with Crippen LogP contribution in [0.4, 0.5) is 4.39 Å². The van der Waals surface area contributed by atoms with Gasteiger partial charge in [0, 0.05) is 36.2 Å². The van der Waals surface area contributed by atoms with Crippen molar-refractivity contribution in [2.24, 2.45) is 5.92 Å². The SMILES string of the molecule is O=C(NC1CC1)c1cccc(OCC2CCCN(C(=O)c3ccc(F)cc3)C2)c1. The standard InChI is InChI=1S/C23H25FN2O3/c24-19-8-6-17(7-9-19)23(28)26-12-2-3-16(14-26)15-29-21-5-1-4-18(13-21)22(27)25-20-10-11-20/h1,4-9,13,16,20H,2-3,10-12,14-15H2,(H,25,27). The topological polar surface area (TPSA) is 58.6 Å². The average Bonchev–Trinajstić information content (AvgIpc) is 3.57. The second kappa shape index (κ2) is 8.64. The van der Waals surface area contributed by atoms with Crippen LogP contribution in [0.1, 0.15) is 46.4 Å². The Morgan fingerprint density at radius 2 is 1.86 bits per heavy atom. The predicted octanol–water partition coefficient (Wildman–Crippen LogP) is 3.65. The van der Waals surface area contributed by atoms with Gasteiger partial charge in [0.15, 0.2) is 0 Å². The molecule has 4 rings (SSSR count). The Kier molecular flexibility index (Phi) is 5.79. The number of likely N-dealkylation sites (tertiary alicyclic amines) is 1. The summed E-state index contributed by atoms with van der Waals surface area (Å²) in [6.07, 6.45) is 3.99. The molecule has 1 saturated heterocycles. The molecule has 29 heavy (non-hydrogen) atoms. The first-order valence-corrected chi connectivity index (χ1v) is 10.2. The molecule has 1 unspecified atom stereocenters. The second-order valence-electron chi connectivity index (χ2n) is 7.85. The molecule has 1 N–H and O–H groups in total. The van der Waals surface area contributed by atoms with Crippen LogP contribution in [-0.4, -0.2) is 42.5 Å². The summed E-state index contributed by atoms with van der Waals surface area (Å²) in [7, 11) is 0. The van der Waals surface area contributed by atoms with Crippen LogP contribution in [0.3, 0.4) is 0 Å². The monoisotopic (exact) mass is 396 g/mol. The Morgan fingerprint density at radius 1 is 1.07 bits per heavy atom. The van der Waals surface area contributed by atoms with Gasteiger partial charge in [-0.1, -0.05) is 6.07 Å². The molecule has 0 radical (unpaired) electrons. The Labute approximate surface area is 169 Å². The number of rotatable bonds is 6. The molecule has 1 saturated carbocycles. The minimum absolute atomic E-state index is 0.0633. The first-order chi connectivity index (χ1) is 14.1. The van der Waals surface area contributed by atoms with Crippen molar-refractivity contribution in [3.8, 4) is 5.75 Å². The van der Waals surface area contributed by atoms with E-state index < -0.39 is 0 Å². The molecule has 2 amide bonds. The number of nitrogens with one attached hydrogen (secondary N) is 1. The van der Waals surface area contributed by atoms with Crippen LogP contribution < -0.4 is 10.1 Å². The molecule has 2 fully saturated rings. The Balaban J connectivity index is 1.32. The number of benzene rings is 2. The number of hydrogen-bond acceptors (Lipinski definition) is 3. The predicted molar refractivity (Wildman–Crippen MR) is 107 cm³/mol. The van der Waals surface area contributed by atoms with Gasteiger partial charge >= 0.3 is 0 Å². The molecule has 152 valence electrons. The van der Waals surface area contributed by atoms with Crippen molar-refractivity contribution in [3.05, 3.63) is 65.5 Å². The van der Waals surface area contributed by atoms with E-state index in [1.54, 1.807) is 12.1 Å². The number of carbonyl (C=O) groups excluding carboxylic acids is 2. The van der Waals surface area contributed by atoms with Crippen molar-refractivity contribution in [3.63, 3.8) is 0 Å². The number of halogens is 1. The third-order valence-electron chi connectivity index (χ3n) is 5.39. The lowest BCUT2D eigenvalue weighted by Crippen LogP contribution is -2.41. The molecule has 1 aliphatic carbocycles. The lowest BCUT2D eigenvalue weighted by Gasteiger charge is -2.32. The van der Waals surface area contributed by atoms with Crippen LogP contribution in [0.5, 0.6) is 5.75 Å². The van der Waals surface area contributed by atoms with Crippen LogP contribution >= 0.6 is 0 Å². The summed E-state index contributed by atoms with van der Waals surface area (Å²) in [6.45, 7) is 1.79. The summed E-state index contributed by atoms with van der Waals surface area (Å²) in [6, 6.07) is 13.2. The molecule has 0 bridgehead atoms. The van der Waals surface area contributed by atoms with Gasteiger partial charge in [-0.2, -0.15) is 0 Å². The number of piperidine rings is 1. The van der Waals surface area contributed by atoms with Crippen molar-refractivity contribution in [2.75, 3.05) is 19.7 Å². The normalized spacial score (nSPS) is 18.9. The minimum Gasteiger partial charge on any atom is -0.493 e. The number of hydrogen-bond donors (Lipinski definition) is 1. The first-order valence-electron chi connectivity index (χ1n) is 10.2. The zero-order valence-corrected chi connectivity index (χ0v) is 16.3. The number of nitrogens with zero attached hydrogens (tertiary/aromatic N) is 1. The maximum Gasteiger partial charge on any atom is 0.253 e. The summed E-state index contributed by atoms with van der Waals surface area (Å²) in [4.78, 5) is 26.7. The molecule has 2 aliphatic rings. The molecule has 5 nitrogen and oxygen atoms in total. The number of amides is 2. The molecule has 2 aromatic carbocycles. The van der Waals surface area contributed by atoms with Crippen LogP contribution in [0, 0.1) is 11.7 Å². The number of carbonyl (C=O) groups is 2. The van der Waals surface area contributed by atoms with Crippen LogP contribution in [0.2, 0.25) is 0 Å². The van der Waals surface area contributed by atoms with Gasteiger partial charge in [-0.05, 0) is 68.1 Å².